The van der Waals surface area contributed by atoms with Crippen LogP contribution >= 0.6 is 0 Å². The average molecular weight is 296 g/mol. The Morgan fingerprint density at radius 2 is 1.90 bits per heavy atom. The predicted octanol–water partition coefficient (Wildman–Crippen LogP) is 2.01. The molecule has 1 aromatic carbocycles. The zero-order valence-electron chi connectivity index (χ0n) is 12.4. The molecule has 0 spiro atoms. The normalized spacial score (nSPS) is 20.2. The number of rotatable bonds is 4. The summed E-state index contributed by atoms with van der Waals surface area (Å²) in [6, 6.07) is 7.42. The van der Waals surface area contributed by atoms with E-state index >= 15 is 0 Å². The third kappa shape index (κ3) is 3.81. The van der Waals surface area contributed by atoms with Crippen molar-refractivity contribution < 1.29 is 8.42 Å². The van der Waals surface area contributed by atoms with Crippen molar-refractivity contribution in [1.29, 1.82) is 0 Å². The lowest BCUT2D eigenvalue weighted by Gasteiger charge is -2.19. The molecule has 1 saturated heterocycles. The van der Waals surface area contributed by atoms with Gasteiger partial charge < -0.3 is 5.32 Å². The first-order valence-electron chi connectivity index (χ1n) is 7.13. The van der Waals surface area contributed by atoms with Crippen LogP contribution in [-0.4, -0.2) is 27.5 Å². The first kappa shape index (κ1) is 15.5. The van der Waals surface area contributed by atoms with Gasteiger partial charge in [-0.2, -0.15) is 0 Å². The lowest BCUT2D eigenvalue weighted by atomic mass is 9.87. The molecule has 20 heavy (non-hydrogen) atoms. The third-order valence-electron chi connectivity index (χ3n) is 3.71. The maximum absolute atomic E-state index is 12.2. The maximum atomic E-state index is 12.2. The number of sulfonamides is 1. The Labute approximate surface area is 122 Å². The van der Waals surface area contributed by atoms with Gasteiger partial charge in [0.1, 0.15) is 0 Å². The Morgan fingerprint density at radius 3 is 2.40 bits per heavy atom. The number of benzene rings is 1. The SMILES string of the molecule is CC(C)(C)c1ccc(S(=O)(=O)NCC2CCCN2)cc1. The third-order valence-corrected chi connectivity index (χ3v) is 5.15. The monoisotopic (exact) mass is 296 g/mol. The summed E-state index contributed by atoms with van der Waals surface area (Å²) in [6.45, 7) is 7.78. The molecule has 0 bridgehead atoms. The summed E-state index contributed by atoms with van der Waals surface area (Å²) in [7, 11) is -3.40. The van der Waals surface area contributed by atoms with Crippen molar-refractivity contribution in [3.8, 4) is 0 Å². The maximum Gasteiger partial charge on any atom is 0.240 e. The number of hydrogen-bond acceptors (Lipinski definition) is 3. The van der Waals surface area contributed by atoms with Gasteiger partial charge in [0.05, 0.1) is 4.90 Å². The Morgan fingerprint density at radius 1 is 1.25 bits per heavy atom. The molecule has 1 heterocycles. The zero-order valence-corrected chi connectivity index (χ0v) is 13.3. The Kier molecular flexibility index (Phi) is 4.52. The van der Waals surface area contributed by atoms with Crippen LogP contribution in [0, 0.1) is 0 Å². The second-order valence-corrected chi connectivity index (χ2v) is 8.19. The minimum Gasteiger partial charge on any atom is -0.313 e. The van der Waals surface area contributed by atoms with Crippen molar-refractivity contribution in [2.24, 2.45) is 0 Å². The van der Waals surface area contributed by atoms with E-state index in [1.54, 1.807) is 12.1 Å². The largest absolute Gasteiger partial charge is 0.313 e. The molecule has 1 aromatic rings. The minimum atomic E-state index is -3.40. The van der Waals surface area contributed by atoms with Gasteiger partial charge in [0.15, 0.2) is 0 Å². The van der Waals surface area contributed by atoms with Gasteiger partial charge >= 0.3 is 0 Å². The van der Waals surface area contributed by atoms with Crippen molar-refractivity contribution >= 4 is 10.0 Å². The van der Waals surface area contributed by atoms with Crippen LogP contribution in [-0.2, 0) is 15.4 Å². The first-order chi connectivity index (χ1) is 9.29. The Balaban J connectivity index is 2.05. The summed E-state index contributed by atoms with van der Waals surface area (Å²) >= 11 is 0. The molecule has 1 unspecified atom stereocenters. The molecule has 1 atom stereocenters. The lowest BCUT2D eigenvalue weighted by molar-refractivity contribution is 0.551. The van der Waals surface area contributed by atoms with Crippen LogP contribution in [0.25, 0.3) is 0 Å². The highest BCUT2D eigenvalue weighted by Gasteiger charge is 2.20. The van der Waals surface area contributed by atoms with Gasteiger partial charge in [0.25, 0.3) is 0 Å². The van der Waals surface area contributed by atoms with Crippen LogP contribution < -0.4 is 10.0 Å². The molecule has 0 aromatic heterocycles. The topological polar surface area (TPSA) is 58.2 Å². The molecule has 0 saturated carbocycles. The van der Waals surface area contributed by atoms with Crippen LogP contribution in [0.2, 0.25) is 0 Å². The summed E-state index contributed by atoms with van der Waals surface area (Å²) in [5, 5.41) is 3.28. The molecule has 1 aliphatic rings. The van der Waals surface area contributed by atoms with Gasteiger partial charge in [0, 0.05) is 12.6 Å². The summed E-state index contributed by atoms with van der Waals surface area (Å²) in [6.07, 6.45) is 2.15. The summed E-state index contributed by atoms with van der Waals surface area (Å²) in [4.78, 5) is 0.337. The van der Waals surface area contributed by atoms with Crippen molar-refractivity contribution in [2.75, 3.05) is 13.1 Å². The quantitative estimate of drug-likeness (QED) is 0.893. The van der Waals surface area contributed by atoms with Gasteiger partial charge in [-0.25, -0.2) is 13.1 Å². The van der Waals surface area contributed by atoms with Gasteiger partial charge in [-0.1, -0.05) is 32.9 Å². The fourth-order valence-electron chi connectivity index (χ4n) is 2.36. The fourth-order valence-corrected chi connectivity index (χ4v) is 3.44. The van der Waals surface area contributed by atoms with Gasteiger partial charge in [-0.3, -0.25) is 0 Å². The molecule has 2 rings (SSSR count). The van der Waals surface area contributed by atoms with E-state index in [9.17, 15) is 8.42 Å². The van der Waals surface area contributed by atoms with Crippen molar-refractivity contribution in [2.45, 2.75) is 50.0 Å². The lowest BCUT2D eigenvalue weighted by Crippen LogP contribution is -2.37. The second kappa shape index (κ2) is 5.84. The van der Waals surface area contributed by atoms with Crippen LogP contribution in [0.15, 0.2) is 29.2 Å². The Hall–Kier alpha value is -0.910. The molecule has 0 amide bonds. The molecule has 0 radical (unpaired) electrons. The smallest absolute Gasteiger partial charge is 0.240 e. The predicted molar refractivity (Wildman–Crippen MR) is 81.4 cm³/mol. The van der Waals surface area contributed by atoms with Crippen LogP contribution in [0.4, 0.5) is 0 Å². The van der Waals surface area contributed by atoms with Gasteiger partial charge in [-0.15, -0.1) is 0 Å². The number of hydrogen-bond donors (Lipinski definition) is 2. The molecule has 1 aliphatic heterocycles. The molecule has 4 nitrogen and oxygen atoms in total. The average Bonchev–Trinajstić information content (AvgIpc) is 2.89. The first-order valence-corrected chi connectivity index (χ1v) is 8.61. The van der Waals surface area contributed by atoms with Crippen molar-refractivity contribution in [1.82, 2.24) is 10.0 Å². The van der Waals surface area contributed by atoms with Crippen LogP contribution in [0.1, 0.15) is 39.2 Å². The Bertz CT molecular complexity index is 538. The van der Waals surface area contributed by atoms with E-state index in [0.29, 0.717) is 11.4 Å². The van der Waals surface area contributed by atoms with Crippen LogP contribution in [0.3, 0.4) is 0 Å². The van der Waals surface area contributed by atoms with Gasteiger partial charge in [-0.05, 0) is 42.5 Å². The highest BCUT2D eigenvalue weighted by Crippen LogP contribution is 2.23. The molecule has 1 fully saturated rings. The van der Waals surface area contributed by atoms with E-state index in [2.05, 4.69) is 30.8 Å². The van der Waals surface area contributed by atoms with E-state index in [1.165, 1.54) is 0 Å². The minimum absolute atomic E-state index is 0.0312. The molecular formula is C15H24N2O2S. The number of nitrogens with one attached hydrogen (secondary N) is 2. The zero-order chi connectivity index (χ0) is 14.8. The van der Waals surface area contributed by atoms with Gasteiger partial charge in [0.2, 0.25) is 10.0 Å². The van der Waals surface area contributed by atoms with E-state index in [-0.39, 0.29) is 11.5 Å². The standard InChI is InChI=1S/C15H24N2O2S/c1-15(2,3)12-6-8-14(9-7-12)20(18,19)17-11-13-5-4-10-16-13/h6-9,13,16-17H,4-5,10-11H2,1-3H3. The van der Waals surface area contributed by atoms with Crippen LogP contribution in [0.5, 0.6) is 0 Å². The molecule has 0 aliphatic carbocycles. The van der Waals surface area contributed by atoms with E-state index in [4.69, 9.17) is 0 Å². The molecule has 112 valence electrons. The van der Waals surface area contributed by atoms with E-state index in [1.807, 2.05) is 12.1 Å². The van der Waals surface area contributed by atoms with E-state index in [0.717, 1.165) is 24.9 Å². The molecular weight excluding hydrogens is 272 g/mol. The summed E-state index contributed by atoms with van der Waals surface area (Å²) in [5.74, 6) is 0. The summed E-state index contributed by atoms with van der Waals surface area (Å²) < 4.78 is 27.1. The molecule has 5 heteroatoms. The van der Waals surface area contributed by atoms with Crippen molar-refractivity contribution in [3.63, 3.8) is 0 Å². The fraction of sp³-hybridized carbons (Fsp3) is 0.600. The highest BCUT2D eigenvalue weighted by molar-refractivity contribution is 7.89. The van der Waals surface area contributed by atoms with E-state index < -0.39 is 10.0 Å². The van der Waals surface area contributed by atoms with Crippen molar-refractivity contribution in [3.05, 3.63) is 29.8 Å². The highest BCUT2D eigenvalue weighted by atomic mass is 32.2. The second-order valence-electron chi connectivity index (χ2n) is 6.42. The molecule has 2 N–H and O–H groups in total. The summed E-state index contributed by atoms with van der Waals surface area (Å²) in [5.41, 5.74) is 1.16.